The van der Waals surface area contributed by atoms with E-state index in [-0.39, 0.29) is 0 Å². The van der Waals surface area contributed by atoms with Gasteiger partial charge in [0.15, 0.2) is 0 Å². The minimum Gasteiger partial charge on any atom is -0.366 e. The fourth-order valence-electron chi connectivity index (χ4n) is 1.59. The lowest BCUT2D eigenvalue weighted by Crippen LogP contribution is -2.05. The minimum absolute atomic E-state index is 0.536. The lowest BCUT2D eigenvalue weighted by Gasteiger charge is -2.09. The maximum atomic E-state index is 5.94. The van der Waals surface area contributed by atoms with Crippen LogP contribution in [0.1, 0.15) is 5.69 Å². The lowest BCUT2D eigenvalue weighted by molar-refractivity contribution is 1.09. The summed E-state index contributed by atoms with van der Waals surface area (Å²) in [5, 5.41) is 6.94. The SMILES string of the molecule is C=CCNc1cc(C)nc(Nc2cccc(Cl)c2)n1. The summed E-state index contributed by atoms with van der Waals surface area (Å²) < 4.78 is 0. The highest BCUT2D eigenvalue weighted by Crippen LogP contribution is 2.19. The molecular weight excluding hydrogens is 260 g/mol. The number of halogens is 1. The molecule has 2 aromatic rings. The van der Waals surface area contributed by atoms with Gasteiger partial charge in [0.1, 0.15) is 5.82 Å². The van der Waals surface area contributed by atoms with Gasteiger partial charge in [-0.2, -0.15) is 4.98 Å². The van der Waals surface area contributed by atoms with Crippen molar-refractivity contribution in [1.82, 2.24) is 9.97 Å². The van der Waals surface area contributed by atoms with Gasteiger partial charge in [-0.05, 0) is 25.1 Å². The second kappa shape index (κ2) is 6.20. The van der Waals surface area contributed by atoms with Crippen molar-refractivity contribution in [2.45, 2.75) is 6.92 Å². The molecule has 0 atom stereocenters. The standard InChI is InChI=1S/C14H15ClN4/c1-3-7-16-13-8-10(2)17-14(19-13)18-12-6-4-5-11(15)9-12/h3-6,8-9H,1,7H2,2H3,(H2,16,17,18,19). The molecule has 0 bridgehead atoms. The zero-order chi connectivity index (χ0) is 13.7. The highest BCUT2D eigenvalue weighted by molar-refractivity contribution is 6.30. The molecule has 0 spiro atoms. The van der Waals surface area contributed by atoms with Crippen molar-refractivity contribution in [1.29, 1.82) is 0 Å². The van der Waals surface area contributed by atoms with Crippen LogP contribution < -0.4 is 10.6 Å². The van der Waals surface area contributed by atoms with Crippen molar-refractivity contribution in [3.05, 3.63) is 53.7 Å². The van der Waals surface area contributed by atoms with Crippen LogP contribution in [0, 0.1) is 6.92 Å². The van der Waals surface area contributed by atoms with Gasteiger partial charge >= 0.3 is 0 Å². The Morgan fingerprint density at radius 3 is 2.89 bits per heavy atom. The highest BCUT2D eigenvalue weighted by atomic mass is 35.5. The van der Waals surface area contributed by atoms with E-state index in [0.29, 0.717) is 17.5 Å². The molecule has 1 heterocycles. The molecule has 0 aliphatic heterocycles. The van der Waals surface area contributed by atoms with E-state index in [0.717, 1.165) is 17.2 Å². The molecule has 1 aromatic heterocycles. The van der Waals surface area contributed by atoms with E-state index in [9.17, 15) is 0 Å². The molecule has 2 N–H and O–H groups in total. The molecule has 4 nitrogen and oxygen atoms in total. The van der Waals surface area contributed by atoms with E-state index in [1.165, 1.54) is 0 Å². The first-order chi connectivity index (χ1) is 9.17. The zero-order valence-corrected chi connectivity index (χ0v) is 11.4. The van der Waals surface area contributed by atoms with E-state index < -0.39 is 0 Å². The fraction of sp³-hybridized carbons (Fsp3) is 0.143. The van der Waals surface area contributed by atoms with Crippen LogP contribution >= 0.6 is 11.6 Å². The quantitative estimate of drug-likeness (QED) is 0.815. The van der Waals surface area contributed by atoms with Crippen LogP contribution in [0.4, 0.5) is 17.5 Å². The Labute approximate surface area is 117 Å². The summed E-state index contributed by atoms with van der Waals surface area (Å²) in [5.41, 5.74) is 1.74. The third-order valence-corrected chi connectivity index (χ3v) is 2.60. The number of nitrogens with one attached hydrogen (secondary N) is 2. The number of hydrogen-bond donors (Lipinski definition) is 2. The maximum absolute atomic E-state index is 5.94. The predicted molar refractivity (Wildman–Crippen MR) is 80.2 cm³/mol. The number of anilines is 3. The van der Waals surface area contributed by atoms with Crippen LogP contribution in [-0.4, -0.2) is 16.5 Å². The Hall–Kier alpha value is -2.07. The molecule has 0 amide bonds. The lowest BCUT2D eigenvalue weighted by atomic mass is 10.3. The Morgan fingerprint density at radius 2 is 2.16 bits per heavy atom. The van der Waals surface area contributed by atoms with Crippen molar-refractivity contribution < 1.29 is 0 Å². The molecule has 0 unspecified atom stereocenters. The van der Waals surface area contributed by atoms with Gasteiger partial charge in [0.25, 0.3) is 0 Å². The molecule has 1 aromatic carbocycles. The van der Waals surface area contributed by atoms with Gasteiger partial charge in [-0.3, -0.25) is 0 Å². The van der Waals surface area contributed by atoms with Gasteiger partial charge < -0.3 is 10.6 Å². The first-order valence-electron chi connectivity index (χ1n) is 5.90. The number of nitrogens with zero attached hydrogens (tertiary/aromatic N) is 2. The molecule has 0 aliphatic carbocycles. The van der Waals surface area contributed by atoms with Crippen LogP contribution in [0.25, 0.3) is 0 Å². The molecular formula is C14H15ClN4. The average Bonchev–Trinajstić information content (AvgIpc) is 2.35. The molecule has 0 radical (unpaired) electrons. The van der Waals surface area contributed by atoms with Crippen LogP contribution in [-0.2, 0) is 0 Å². The van der Waals surface area contributed by atoms with Crippen molar-refractivity contribution in [3.8, 4) is 0 Å². The zero-order valence-electron chi connectivity index (χ0n) is 10.7. The summed E-state index contributed by atoms with van der Waals surface area (Å²) in [4.78, 5) is 8.71. The topological polar surface area (TPSA) is 49.8 Å². The second-order valence-electron chi connectivity index (χ2n) is 4.02. The average molecular weight is 275 g/mol. The van der Waals surface area contributed by atoms with E-state index in [4.69, 9.17) is 11.6 Å². The molecule has 98 valence electrons. The number of hydrogen-bond acceptors (Lipinski definition) is 4. The highest BCUT2D eigenvalue weighted by Gasteiger charge is 2.02. The molecule has 0 aliphatic rings. The van der Waals surface area contributed by atoms with E-state index in [1.54, 1.807) is 6.08 Å². The van der Waals surface area contributed by atoms with Gasteiger partial charge in [-0.15, -0.1) is 6.58 Å². The van der Waals surface area contributed by atoms with Gasteiger partial charge in [-0.1, -0.05) is 23.7 Å². The second-order valence-corrected chi connectivity index (χ2v) is 4.46. The van der Waals surface area contributed by atoms with Crippen molar-refractivity contribution in [3.63, 3.8) is 0 Å². The minimum atomic E-state index is 0.536. The van der Waals surface area contributed by atoms with E-state index in [2.05, 4.69) is 27.2 Å². The first-order valence-corrected chi connectivity index (χ1v) is 6.28. The molecule has 2 rings (SSSR count). The first kappa shape index (κ1) is 13.4. The van der Waals surface area contributed by atoms with Crippen LogP contribution in [0.5, 0.6) is 0 Å². The smallest absolute Gasteiger partial charge is 0.229 e. The number of aromatic nitrogens is 2. The van der Waals surface area contributed by atoms with Crippen LogP contribution in [0.15, 0.2) is 43.0 Å². The Morgan fingerprint density at radius 1 is 1.32 bits per heavy atom. The van der Waals surface area contributed by atoms with Gasteiger partial charge in [0.2, 0.25) is 5.95 Å². The van der Waals surface area contributed by atoms with Crippen molar-refractivity contribution in [2.75, 3.05) is 17.2 Å². The normalized spacial score (nSPS) is 10.0. The Bertz CT molecular complexity index is 583. The van der Waals surface area contributed by atoms with Crippen LogP contribution in [0.3, 0.4) is 0 Å². The molecule has 0 saturated carbocycles. The molecule has 19 heavy (non-hydrogen) atoms. The summed E-state index contributed by atoms with van der Waals surface area (Å²) in [7, 11) is 0. The van der Waals surface area contributed by atoms with Gasteiger partial charge in [0.05, 0.1) is 0 Å². The van der Waals surface area contributed by atoms with Gasteiger partial charge in [-0.25, -0.2) is 4.98 Å². The monoisotopic (exact) mass is 274 g/mol. The number of benzene rings is 1. The predicted octanol–water partition coefficient (Wildman–Crippen LogP) is 3.78. The van der Waals surface area contributed by atoms with E-state index >= 15 is 0 Å². The summed E-state index contributed by atoms with van der Waals surface area (Å²) in [6.45, 7) is 6.24. The molecule has 0 fully saturated rings. The molecule has 0 saturated heterocycles. The number of rotatable bonds is 5. The largest absolute Gasteiger partial charge is 0.366 e. The summed E-state index contributed by atoms with van der Waals surface area (Å²) >= 11 is 5.94. The van der Waals surface area contributed by atoms with Crippen LogP contribution in [0.2, 0.25) is 5.02 Å². The fourth-order valence-corrected chi connectivity index (χ4v) is 1.78. The summed E-state index contributed by atoms with van der Waals surface area (Å²) in [6.07, 6.45) is 1.78. The maximum Gasteiger partial charge on any atom is 0.229 e. The third-order valence-electron chi connectivity index (χ3n) is 2.36. The summed E-state index contributed by atoms with van der Waals surface area (Å²) in [6, 6.07) is 9.31. The Kier molecular flexibility index (Phi) is 4.36. The van der Waals surface area contributed by atoms with E-state index in [1.807, 2.05) is 37.3 Å². The number of aryl methyl sites for hydroxylation is 1. The molecule has 5 heteroatoms. The summed E-state index contributed by atoms with van der Waals surface area (Å²) in [5.74, 6) is 1.30. The van der Waals surface area contributed by atoms with Crippen molar-refractivity contribution >= 4 is 29.1 Å². The van der Waals surface area contributed by atoms with Gasteiger partial charge in [0, 0.05) is 29.0 Å². The third kappa shape index (κ3) is 3.96. The Balaban J connectivity index is 2.19. The van der Waals surface area contributed by atoms with Crippen molar-refractivity contribution in [2.24, 2.45) is 0 Å².